The minimum atomic E-state index is 0.949. The van der Waals surface area contributed by atoms with Crippen LogP contribution in [0.25, 0.3) is 0 Å². The molecule has 0 aromatic heterocycles. The lowest BCUT2D eigenvalue weighted by Gasteiger charge is -1.96. The number of benzene rings is 1. The van der Waals surface area contributed by atoms with Gasteiger partial charge in [0.05, 0.1) is 0 Å². The summed E-state index contributed by atoms with van der Waals surface area (Å²) in [6.45, 7) is 2.14. The van der Waals surface area contributed by atoms with Crippen molar-refractivity contribution < 1.29 is 0 Å². The van der Waals surface area contributed by atoms with Gasteiger partial charge in [0.25, 0.3) is 0 Å². The van der Waals surface area contributed by atoms with E-state index in [2.05, 4.69) is 25.0 Å². The van der Waals surface area contributed by atoms with Crippen molar-refractivity contribution >= 4 is 11.8 Å². The second-order valence-corrected chi connectivity index (χ2v) is 3.44. The van der Waals surface area contributed by atoms with Gasteiger partial charge in [-0.2, -0.15) is 0 Å². The molecule has 0 bridgehead atoms. The van der Waals surface area contributed by atoms with E-state index >= 15 is 0 Å². The first-order chi connectivity index (χ1) is 5.36. The van der Waals surface area contributed by atoms with Crippen LogP contribution in [0.5, 0.6) is 0 Å². The third kappa shape index (κ3) is 2.32. The Hall–Kier alpha value is -0.870. The highest BCUT2D eigenvalue weighted by molar-refractivity contribution is 7.99. The molecule has 0 amide bonds. The summed E-state index contributed by atoms with van der Waals surface area (Å²) < 4.78 is 0. The third-order valence-corrected chi connectivity index (χ3v) is 2.23. The maximum atomic E-state index is 5.22. The van der Waals surface area contributed by atoms with Gasteiger partial charge in [-0.3, -0.25) is 0 Å². The molecular formula is C10H10S. The van der Waals surface area contributed by atoms with Crippen LogP contribution in [0.4, 0.5) is 0 Å². The molecule has 0 nitrogen and oxygen atoms in total. The predicted molar refractivity (Wildman–Crippen MR) is 50.8 cm³/mol. The Morgan fingerprint density at radius 1 is 1.36 bits per heavy atom. The zero-order valence-electron chi connectivity index (χ0n) is 6.50. The van der Waals surface area contributed by atoms with Gasteiger partial charge in [0.15, 0.2) is 0 Å². The molecule has 1 aromatic rings. The van der Waals surface area contributed by atoms with Crippen LogP contribution in [-0.2, 0) is 0 Å². The number of terminal acetylenes is 1. The summed E-state index contributed by atoms with van der Waals surface area (Å²) in [5.74, 6) is 3.69. The normalized spacial score (nSPS) is 9.09. The molecule has 0 aliphatic carbocycles. The zero-order valence-corrected chi connectivity index (χ0v) is 7.32. The topological polar surface area (TPSA) is 0 Å². The van der Waals surface area contributed by atoms with Gasteiger partial charge in [0, 0.05) is 10.5 Å². The summed E-state index contributed by atoms with van der Waals surface area (Å²) in [7, 11) is 0. The van der Waals surface area contributed by atoms with Crippen LogP contribution in [0.2, 0.25) is 0 Å². The molecule has 0 unspecified atom stereocenters. The second-order valence-electron chi connectivity index (χ2n) is 2.10. The Kier molecular flexibility index (Phi) is 3.07. The maximum absolute atomic E-state index is 5.22. The van der Waals surface area contributed by atoms with Crippen LogP contribution in [0.1, 0.15) is 12.5 Å². The molecule has 0 aliphatic rings. The largest absolute Gasteiger partial charge is 0.126 e. The molecule has 0 spiro atoms. The van der Waals surface area contributed by atoms with Gasteiger partial charge in [-0.1, -0.05) is 12.8 Å². The number of thioether (sulfide) groups is 1. The highest BCUT2D eigenvalue weighted by atomic mass is 32.2. The molecule has 0 saturated carbocycles. The van der Waals surface area contributed by atoms with E-state index in [4.69, 9.17) is 6.42 Å². The summed E-state index contributed by atoms with van der Waals surface area (Å²) >= 11 is 1.83. The summed E-state index contributed by atoms with van der Waals surface area (Å²) in [6.07, 6.45) is 5.22. The van der Waals surface area contributed by atoms with Gasteiger partial charge in [-0.15, -0.1) is 18.2 Å². The Morgan fingerprint density at radius 3 is 2.45 bits per heavy atom. The van der Waals surface area contributed by atoms with Crippen LogP contribution in [-0.4, -0.2) is 5.75 Å². The summed E-state index contributed by atoms with van der Waals surface area (Å²) in [4.78, 5) is 1.28. The molecule has 0 saturated heterocycles. The first kappa shape index (κ1) is 8.23. The molecule has 56 valence electrons. The van der Waals surface area contributed by atoms with E-state index in [0.717, 1.165) is 11.3 Å². The molecule has 1 aromatic carbocycles. The number of rotatable bonds is 2. The van der Waals surface area contributed by atoms with Crippen LogP contribution in [0, 0.1) is 12.3 Å². The van der Waals surface area contributed by atoms with Gasteiger partial charge < -0.3 is 0 Å². The average molecular weight is 162 g/mol. The molecule has 11 heavy (non-hydrogen) atoms. The van der Waals surface area contributed by atoms with Crippen LogP contribution in [0.3, 0.4) is 0 Å². The van der Waals surface area contributed by atoms with Crippen LogP contribution >= 0.6 is 11.8 Å². The van der Waals surface area contributed by atoms with Gasteiger partial charge in [-0.25, -0.2) is 0 Å². The van der Waals surface area contributed by atoms with Crippen molar-refractivity contribution in [1.82, 2.24) is 0 Å². The Bertz CT molecular complexity index is 253. The summed E-state index contributed by atoms with van der Waals surface area (Å²) in [5, 5.41) is 0. The van der Waals surface area contributed by atoms with E-state index < -0.39 is 0 Å². The summed E-state index contributed by atoms with van der Waals surface area (Å²) in [6, 6.07) is 8.06. The third-order valence-electron chi connectivity index (χ3n) is 1.33. The highest BCUT2D eigenvalue weighted by Crippen LogP contribution is 2.16. The Morgan fingerprint density at radius 2 is 2.00 bits per heavy atom. The molecule has 1 heteroatoms. The minimum absolute atomic E-state index is 0.949. The van der Waals surface area contributed by atoms with E-state index in [1.807, 2.05) is 23.9 Å². The van der Waals surface area contributed by atoms with E-state index in [0.29, 0.717) is 0 Å². The zero-order chi connectivity index (χ0) is 8.10. The van der Waals surface area contributed by atoms with Gasteiger partial charge in [-0.05, 0) is 30.0 Å². The highest BCUT2D eigenvalue weighted by Gasteiger charge is 1.89. The van der Waals surface area contributed by atoms with Crippen molar-refractivity contribution in [3.8, 4) is 12.3 Å². The average Bonchev–Trinajstić information content (AvgIpc) is 2.07. The lowest BCUT2D eigenvalue weighted by molar-refractivity contribution is 1.42. The smallest absolute Gasteiger partial charge is 0.0243 e. The molecule has 1 rings (SSSR count). The van der Waals surface area contributed by atoms with Crippen molar-refractivity contribution in [2.75, 3.05) is 5.75 Å². The van der Waals surface area contributed by atoms with Crippen molar-refractivity contribution in [2.24, 2.45) is 0 Å². The maximum Gasteiger partial charge on any atom is 0.0243 e. The lowest BCUT2D eigenvalue weighted by Crippen LogP contribution is -1.74. The molecule has 0 heterocycles. The van der Waals surface area contributed by atoms with Crippen molar-refractivity contribution in [3.63, 3.8) is 0 Å². The van der Waals surface area contributed by atoms with E-state index in [9.17, 15) is 0 Å². The Balaban J connectivity index is 2.76. The summed E-state index contributed by atoms with van der Waals surface area (Å²) in [5.41, 5.74) is 0.949. The van der Waals surface area contributed by atoms with Crippen LogP contribution in [0.15, 0.2) is 29.2 Å². The second kappa shape index (κ2) is 4.10. The Labute approximate surface area is 72.0 Å². The fourth-order valence-electron chi connectivity index (χ4n) is 0.814. The van der Waals surface area contributed by atoms with Gasteiger partial charge in [0.1, 0.15) is 0 Å². The van der Waals surface area contributed by atoms with Crippen LogP contribution < -0.4 is 0 Å². The molecule has 0 atom stereocenters. The first-order valence-corrected chi connectivity index (χ1v) is 4.55. The first-order valence-electron chi connectivity index (χ1n) is 3.56. The number of hydrogen-bond donors (Lipinski definition) is 0. The van der Waals surface area contributed by atoms with E-state index in [1.165, 1.54) is 4.90 Å². The van der Waals surface area contributed by atoms with Crippen molar-refractivity contribution in [2.45, 2.75) is 11.8 Å². The van der Waals surface area contributed by atoms with Crippen molar-refractivity contribution in [1.29, 1.82) is 0 Å². The van der Waals surface area contributed by atoms with Gasteiger partial charge >= 0.3 is 0 Å². The number of hydrogen-bond acceptors (Lipinski definition) is 1. The molecular weight excluding hydrogens is 152 g/mol. The molecule has 0 N–H and O–H groups in total. The molecule has 0 aliphatic heterocycles. The van der Waals surface area contributed by atoms with Crippen molar-refractivity contribution in [3.05, 3.63) is 29.8 Å². The fraction of sp³-hybridized carbons (Fsp3) is 0.200. The SMILES string of the molecule is C#Cc1ccc(SCC)cc1. The van der Waals surface area contributed by atoms with E-state index in [-0.39, 0.29) is 0 Å². The van der Waals surface area contributed by atoms with E-state index in [1.54, 1.807) is 0 Å². The minimum Gasteiger partial charge on any atom is -0.126 e. The fourth-order valence-corrected chi connectivity index (χ4v) is 1.48. The standard InChI is InChI=1S/C10H10S/c1-3-9-5-7-10(8-6-9)11-4-2/h1,5-8H,4H2,2H3. The predicted octanol–water partition coefficient (Wildman–Crippen LogP) is 2.78. The monoisotopic (exact) mass is 162 g/mol. The quantitative estimate of drug-likeness (QED) is 0.476. The van der Waals surface area contributed by atoms with Gasteiger partial charge in [0.2, 0.25) is 0 Å². The molecule has 0 radical (unpaired) electrons. The molecule has 0 fully saturated rings. The lowest BCUT2D eigenvalue weighted by atomic mass is 10.2.